The number of rotatable bonds is 28. The summed E-state index contributed by atoms with van der Waals surface area (Å²) in [5, 5.41) is 0. The predicted molar refractivity (Wildman–Crippen MR) is 310 cm³/mol. The summed E-state index contributed by atoms with van der Waals surface area (Å²) in [5.41, 5.74) is 12.1. The molecule has 0 saturated heterocycles. The molecule has 1 aliphatic carbocycles. The first-order chi connectivity index (χ1) is 34.5. The van der Waals surface area contributed by atoms with Gasteiger partial charge in [-0.3, -0.25) is 0 Å². The average Bonchev–Trinajstić information content (AvgIpc) is 3.37. The van der Waals surface area contributed by atoms with Gasteiger partial charge in [0.1, 0.15) is 23.0 Å². The van der Waals surface area contributed by atoms with Gasteiger partial charge in [0.25, 0.3) is 0 Å². The summed E-state index contributed by atoms with van der Waals surface area (Å²) in [4.78, 5) is 0. The van der Waals surface area contributed by atoms with Crippen molar-refractivity contribution < 1.29 is 37.2 Å². The second-order valence-corrected chi connectivity index (χ2v) is 35.3. The highest BCUT2D eigenvalue weighted by Crippen LogP contribution is 2.53. The van der Waals surface area contributed by atoms with E-state index in [4.69, 9.17) is 18.9 Å². The number of hydrogen-bond donors (Lipinski definition) is 0. The summed E-state index contributed by atoms with van der Waals surface area (Å²) in [6.45, 7) is 27.0. The largest absolute Gasteiger partial charge is 0.493 e. The molecule has 12 heteroatoms. The highest BCUT2D eigenvalue weighted by atomic mass is 31.2. The SMILES string of the molecule is CCCOc1c2cc(CP(=O)(CC)CC)cc1Cc1cc(CP(=O)(CC)CC)cc(c1OCCC)Cc1cc(CP(=O)(CC)CC)cc(c1OCCC)Cc1cc(CP(=O)(CC)CC)cc(c1OCCC)C2. The van der Waals surface area contributed by atoms with Gasteiger partial charge in [0, 0.05) is 50.3 Å². The molecule has 8 nitrogen and oxygen atoms in total. The molecule has 400 valence electrons. The molecule has 0 radical (unpaired) electrons. The van der Waals surface area contributed by atoms with E-state index in [0.717, 1.165) is 115 Å². The van der Waals surface area contributed by atoms with Crippen molar-refractivity contribution in [1.82, 2.24) is 0 Å². The molecule has 0 fully saturated rings. The van der Waals surface area contributed by atoms with Crippen LogP contribution in [0.25, 0.3) is 0 Å². The van der Waals surface area contributed by atoms with Crippen molar-refractivity contribution in [3.05, 3.63) is 115 Å². The zero-order chi connectivity index (χ0) is 52.7. The second-order valence-electron chi connectivity index (χ2n) is 20.5. The van der Waals surface area contributed by atoms with Gasteiger partial charge in [-0.1, -0.05) is 132 Å². The van der Waals surface area contributed by atoms with Crippen LogP contribution in [0.15, 0.2) is 48.5 Å². The second kappa shape index (κ2) is 27.7. The minimum absolute atomic E-state index is 0.478. The van der Waals surface area contributed by atoms with Crippen LogP contribution in [0.1, 0.15) is 176 Å². The predicted octanol–water partition coefficient (Wildman–Crippen LogP) is 17.1. The molecule has 0 N–H and O–H groups in total. The van der Waals surface area contributed by atoms with Crippen LogP contribution in [0.4, 0.5) is 0 Å². The fourth-order valence-electron chi connectivity index (χ4n) is 10.2. The zero-order valence-corrected chi connectivity index (χ0v) is 50.2. The summed E-state index contributed by atoms with van der Waals surface area (Å²) in [5.74, 6) is 3.28. The third kappa shape index (κ3) is 15.5. The van der Waals surface area contributed by atoms with Crippen LogP contribution in [0, 0.1) is 0 Å². The van der Waals surface area contributed by atoms with Crippen LogP contribution in [0.3, 0.4) is 0 Å². The van der Waals surface area contributed by atoms with Gasteiger partial charge in [-0.15, -0.1) is 0 Å². The summed E-state index contributed by atoms with van der Waals surface area (Å²) >= 11 is 0. The topological polar surface area (TPSA) is 105 Å². The third-order valence-electron chi connectivity index (χ3n) is 15.0. The lowest BCUT2D eigenvalue weighted by molar-refractivity contribution is 0.304. The molecule has 5 rings (SSSR count). The summed E-state index contributed by atoms with van der Waals surface area (Å²) in [6.07, 6.45) is 12.1. The Morgan fingerprint density at radius 1 is 0.292 bits per heavy atom. The number of fused-ring (bicyclic) bond motifs is 8. The first-order valence-electron chi connectivity index (χ1n) is 27.8. The lowest BCUT2D eigenvalue weighted by Gasteiger charge is -2.26. The Labute approximate surface area is 436 Å². The van der Waals surface area contributed by atoms with Gasteiger partial charge < -0.3 is 37.2 Å². The number of hydrogen-bond acceptors (Lipinski definition) is 8. The first kappa shape index (κ1) is 59.9. The van der Waals surface area contributed by atoms with Crippen LogP contribution in [0.2, 0.25) is 0 Å². The normalized spacial score (nSPS) is 13.3. The molecule has 0 amide bonds. The van der Waals surface area contributed by atoms with Crippen molar-refractivity contribution in [3.8, 4) is 23.0 Å². The van der Waals surface area contributed by atoms with E-state index >= 15 is 0 Å². The molecular formula is C60H92O8P4. The molecule has 4 aromatic carbocycles. The lowest BCUT2D eigenvalue weighted by Crippen LogP contribution is -2.12. The third-order valence-corrected chi connectivity index (χ3v) is 28.0. The molecule has 4 aromatic rings. The maximum atomic E-state index is 14.5. The Hall–Kier alpha value is -3.00. The van der Waals surface area contributed by atoms with E-state index in [1.54, 1.807) is 0 Å². The Balaban J connectivity index is 2.04. The van der Waals surface area contributed by atoms with E-state index in [1.165, 1.54) is 0 Å². The molecule has 0 saturated carbocycles. The average molecular weight is 1070 g/mol. The Bertz CT molecular complexity index is 2150. The minimum Gasteiger partial charge on any atom is -0.493 e. The smallest absolute Gasteiger partial charge is 0.126 e. The molecule has 0 heterocycles. The van der Waals surface area contributed by atoms with Crippen molar-refractivity contribution in [1.29, 1.82) is 0 Å². The Morgan fingerprint density at radius 2 is 0.444 bits per heavy atom. The van der Waals surface area contributed by atoms with Crippen LogP contribution < -0.4 is 18.9 Å². The van der Waals surface area contributed by atoms with Crippen molar-refractivity contribution in [2.24, 2.45) is 0 Å². The van der Waals surface area contributed by atoms with Gasteiger partial charge in [-0.2, -0.15) is 0 Å². The Morgan fingerprint density at radius 3 is 0.569 bits per heavy atom. The monoisotopic (exact) mass is 1060 g/mol. The van der Waals surface area contributed by atoms with E-state index in [0.29, 0.717) is 126 Å². The van der Waals surface area contributed by atoms with Crippen LogP contribution >= 0.6 is 28.6 Å². The molecule has 0 atom stereocenters. The van der Waals surface area contributed by atoms with E-state index in [2.05, 4.69) is 76.2 Å². The standard InChI is InChI=1S/C60H92O8P4/c1-13-25-65-57-49-29-45(41-69(61,17-5)18-6)30-50(57)38-52-32-47(43-71(63,21-9)22-10)34-54(59(52)67-27-15-3)40-56-36-48(44-72(64,23-11)24-12)35-55(60(56)68-28-16-4)39-53-33-46(42-70(62,19-7)20-8)31-51(37-49)58(53)66-26-14-2/h29-36H,13-28,37-44H2,1-12H3. The Kier molecular flexibility index (Phi) is 23.0. The lowest BCUT2D eigenvalue weighted by atomic mass is 9.88. The fourth-order valence-corrected chi connectivity index (χ4v) is 17.2. The van der Waals surface area contributed by atoms with Crippen molar-refractivity contribution in [2.45, 2.75) is 159 Å². The van der Waals surface area contributed by atoms with Crippen molar-refractivity contribution in [3.63, 3.8) is 0 Å². The van der Waals surface area contributed by atoms with Gasteiger partial charge in [0.15, 0.2) is 0 Å². The molecule has 0 spiro atoms. The van der Waals surface area contributed by atoms with Gasteiger partial charge in [0.2, 0.25) is 0 Å². The van der Waals surface area contributed by atoms with Crippen molar-refractivity contribution in [2.75, 3.05) is 75.7 Å². The van der Waals surface area contributed by atoms with Crippen LogP contribution in [0.5, 0.6) is 23.0 Å². The van der Waals surface area contributed by atoms with E-state index in [-0.39, 0.29) is 0 Å². The fraction of sp³-hybridized carbons (Fsp3) is 0.600. The quantitative estimate of drug-likeness (QED) is 0.0456. The zero-order valence-electron chi connectivity index (χ0n) is 46.6. The first-order valence-corrected chi connectivity index (χ1v) is 36.9. The molecule has 8 bridgehead atoms. The summed E-state index contributed by atoms with van der Waals surface area (Å²) < 4.78 is 85.8. The van der Waals surface area contributed by atoms with Gasteiger partial charge in [-0.05, 0) is 142 Å². The van der Waals surface area contributed by atoms with Gasteiger partial charge >= 0.3 is 0 Å². The van der Waals surface area contributed by atoms with E-state index in [1.807, 2.05) is 55.4 Å². The molecular weight excluding hydrogens is 973 g/mol. The maximum Gasteiger partial charge on any atom is 0.126 e. The van der Waals surface area contributed by atoms with Gasteiger partial charge in [-0.25, -0.2) is 0 Å². The van der Waals surface area contributed by atoms with E-state index in [9.17, 15) is 18.3 Å². The number of benzene rings is 4. The molecule has 0 aromatic heterocycles. The molecule has 1 aliphatic rings. The summed E-state index contributed by atoms with van der Waals surface area (Å²) in [7, 11) is -10.2. The molecule has 0 unspecified atom stereocenters. The highest BCUT2D eigenvalue weighted by Gasteiger charge is 2.29. The van der Waals surface area contributed by atoms with Crippen LogP contribution in [-0.4, -0.2) is 75.7 Å². The van der Waals surface area contributed by atoms with E-state index < -0.39 is 28.6 Å². The molecule has 72 heavy (non-hydrogen) atoms. The highest BCUT2D eigenvalue weighted by molar-refractivity contribution is 7.64. The molecule has 0 aliphatic heterocycles. The van der Waals surface area contributed by atoms with Crippen LogP contribution in [-0.2, 0) is 68.6 Å². The maximum absolute atomic E-state index is 14.5. The van der Waals surface area contributed by atoms with Crippen molar-refractivity contribution >= 4 is 28.6 Å². The minimum atomic E-state index is -2.54. The summed E-state index contributed by atoms with van der Waals surface area (Å²) in [6, 6.07) is 17.9. The van der Waals surface area contributed by atoms with Gasteiger partial charge in [0.05, 0.1) is 55.0 Å². The number of ether oxygens (including phenoxy) is 4.